The van der Waals surface area contributed by atoms with Gasteiger partial charge in [0, 0.05) is 19.8 Å². The third-order valence-electron chi connectivity index (χ3n) is 4.02. The van der Waals surface area contributed by atoms with Crippen molar-refractivity contribution >= 4 is 17.7 Å². The van der Waals surface area contributed by atoms with Crippen LogP contribution in [0.2, 0.25) is 0 Å². The molecule has 2 atom stereocenters. The van der Waals surface area contributed by atoms with E-state index >= 15 is 0 Å². The fourth-order valence-corrected chi connectivity index (χ4v) is 2.68. The zero-order valence-corrected chi connectivity index (χ0v) is 14.9. The van der Waals surface area contributed by atoms with E-state index in [2.05, 4.69) is 10.6 Å². The zero-order chi connectivity index (χ0) is 19.8. The van der Waals surface area contributed by atoms with Gasteiger partial charge in [-0.1, -0.05) is 48.5 Å². The highest BCUT2D eigenvalue weighted by atomic mass is 19.1. The Bertz CT molecular complexity index is 811. The van der Waals surface area contributed by atoms with Gasteiger partial charge in [-0.15, -0.1) is 0 Å². The number of carbonyl (C=O) groups is 3. The largest absolute Gasteiger partial charge is 0.368 e. The lowest BCUT2D eigenvalue weighted by atomic mass is 10.0. The summed E-state index contributed by atoms with van der Waals surface area (Å²) in [7, 11) is 0. The van der Waals surface area contributed by atoms with Crippen LogP contribution < -0.4 is 16.4 Å². The normalized spacial score (nSPS) is 12.7. The van der Waals surface area contributed by atoms with E-state index in [1.807, 2.05) is 30.3 Å². The summed E-state index contributed by atoms with van der Waals surface area (Å²) in [4.78, 5) is 35.9. The van der Waals surface area contributed by atoms with Crippen LogP contribution in [0.4, 0.5) is 4.39 Å². The minimum atomic E-state index is -1.10. The average molecular weight is 371 g/mol. The highest BCUT2D eigenvalue weighted by Gasteiger charge is 2.26. The Morgan fingerprint density at radius 3 is 2.15 bits per heavy atom. The maximum absolute atomic E-state index is 13.8. The monoisotopic (exact) mass is 371 g/mol. The van der Waals surface area contributed by atoms with Gasteiger partial charge in [0.05, 0.1) is 0 Å². The number of nitrogens with one attached hydrogen (secondary N) is 2. The van der Waals surface area contributed by atoms with Crippen LogP contribution in [0.25, 0.3) is 0 Å². The number of halogens is 1. The standard InChI is InChI=1S/C20H22FN3O3/c1-13(25)23-18(11-14-7-3-2-4-8-14)20(27)24-17(19(22)26)12-15-9-5-6-10-16(15)21/h2-10,17-18H,11-12H2,1H3,(H2,22,26)(H,23,25)(H,24,27)/t17-,18-/m0/s1. The van der Waals surface area contributed by atoms with Crippen molar-refractivity contribution in [3.8, 4) is 0 Å². The van der Waals surface area contributed by atoms with E-state index in [-0.39, 0.29) is 24.3 Å². The van der Waals surface area contributed by atoms with Gasteiger partial charge in [0.15, 0.2) is 0 Å². The number of amides is 3. The quantitative estimate of drug-likeness (QED) is 0.647. The summed E-state index contributed by atoms with van der Waals surface area (Å²) < 4.78 is 13.8. The first-order chi connectivity index (χ1) is 12.9. The third-order valence-corrected chi connectivity index (χ3v) is 4.02. The molecule has 3 amide bonds. The molecule has 0 saturated carbocycles. The molecule has 0 bridgehead atoms. The molecule has 0 fully saturated rings. The van der Waals surface area contributed by atoms with Crippen molar-refractivity contribution in [2.75, 3.05) is 0 Å². The number of nitrogens with two attached hydrogens (primary N) is 1. The van der Waals surface area contributed by atoms with E-state index in [9.17, 15) is 18.8 Å². The minimum Gasteiger partial charge on any atom is -0.368 e. The predicted octanol–water partition coefficient (Wildman–Crippen LogP) is 1.09. The van der Waals surface area contributed by atoms with Crippen LogP contribution in [-0.4, -0.2) is 29.8 Å². The van der Waals surface area contributed by atoms with Gasteiger partial charge in [0.25, 0.3) is 0 Å². The number of hydrogen-bond donors (Lipinski definition) is 3. The summed E-state index contributed by atoms with van der Waals surface area (Å²) >= 11 is 0. The Balaban J connectivity index is 2.13. The molecule has 0 aromatic heterocycles. The van der Waals surface area contributed by atoms with Crippen molar-refractivity contribution in [1.29, 1.82) is 0 Å². The molecular formula is C20H22FN3O3. The molecule has 0 aliphatic carbocycles. The van der Waals surface area contributed by atoms with Gasteiger partial charge < -0.3 is 16.4 Å². The molecule has 7 heteroatoms. The van der Waals surface area contributed by atoms with Crippen LogP contribution in [-0.2, 0) is 27.2 Å². The van der Waals surface area contributed by atoms with Crippen molar-refractivity contribution < 1.29 is 18.8 Å². The molecule has 0 radical (unpaired) electrons. The van der Waals surface area contributed by atoms with Crippen molar-refractivity contribution in [2.24, 2.45) is 5.73 Å². The number of primary amides is 1. The second kappa shape index (κ2) is 9.47. The van der Waals surface area contributed by atoms with Crippen molar-refractivity contribution in [3.05, 3.63) is 71.5 Å². The fourth-order valence-electron chi connectivity index (χ4n) is 2.68. The third kappa shape index (κ3) is 6.22. The Kier molecular flexibility index (Phi) is 7.05. The summed E-state index contributed by atoms with van der Waals surface area (Å²) in [6.07, 6.45) is 0.170. The molecule has 6 nitrogen and oxygen atoms in total. The van der Waals surface area contributed by atoms with Gasteiger partial charge >= 0.3 is 0 Å². The highest BCUT2D eigenvalue weighted by Crippen LogP contribution is 2.10. The van der Waals surface area contributed by atoms with Crippen molar-refractivity contribution in [3.63, 3.8) is 0 Å². The molecule has 0 saturated heterocycles. The zero-order valence-electron chi connectivity index (χ0n) is 14.9. The predicted molar refractivity (Wildman–Crippen MR) is 99.0 cm³/mol. The Labute approximate surface area is 156 Å². The molecule has 2 aromatic carbocycles. The summed E-state index contributed by atoms with van der Waals surface area (Å²) in [5.74, 6) is -2.21. The molecule has 0 unspecified atom stereocenters. The molecule has 0 aliphatic rings. The Morgan fingerprint density at radius 1 is 0.926 bits per heavy atom. The highest BCUT2D eigenvalue weighted by molar-refractivity contribution is 5.91. The van der Waals surface area contributed by atoms with Crippen LogP contribution in [0, 0.1) is 5.82 Å². The number of carbonyl (C=O) groups excluding carboxylic acids is 3. The minimum absolute atomic E-state index is 0.0775. The van der Waals surface area contributed by atoms with Gasteiger partial charge in [0.2, 0.25) is 17.7 Å². The van der Waals surface area contributed by atoms with Gasteiger partial charge in [0.1, 0.15) is 17.9 Å². The molecule has 0 spiro atoms. The Hall–Kier alpha value is -3.22. The van der Waals surface area contributed by atoms with Crippen LogP contribution in [0.1, 0.15) is 18.1 Å². The van der Waals surface area contributed by atoms with E-state index < -0.39 is 29.7 Å². The maximum Gasteiger partial charge on any atom is 0.243 e. The first kappa shape index (κ1) is 20.1. The number of rotatable bonds is 8. The van der Waals surface area contributed by atoms with E-state index in [0.29, 0.717) is 0 Å². The molecule has 27 heavy (non-hydrogen) atoms. The fraction of sp³-hybridized carbons (Fsp3) is 0.250. The lowest BCUT2D eigenvalue weighted by Crippen LogP contribution is -2.54. The second-order valence-corrected chi connectivity index (χ2v) is 6.20. The number of hydrogen-bond acceptors (Lipinski definition) is 3. The lowest BCUT2D eigenvalue weighted by molar-refractivity contribution is -0.130. The van der Waals surface area contributed by atoms with E-state index in [4.69, 9.17) is 5.73 Å². The first-order valence-corrected chi connectivity index (χ1v) is 8.51. The van der Waals surface area contributed by atoms with Gasteiger partial charge in [-0.2, -0.15) is 0 Å². The van der Waals surface area contributed by atoms with Gasteiger partial charge in [-0.3, -0.25) is 14.4 Å². The first-order valence-electron chi connectivity index (χ1n) is 8.51. The molecule has 0 aliphatic heterocycles. The molecule has 2 aromatic rings. The van der Waals surface area contributed by atoms with Crippen LogP contribution in [0.5, 0.6) is 0 Å². The molecule has 142 valence electrons. The van der Waals surface area contributed by atoms with Gasteiger partial charge in [-0.05, 0) is 17.2 Å². The number of benzene rings is 2. The molecule has 0 heterocycles. The second-order valence-electron chi connectivity index (χ2n) is 6.20. The van der Waals surface area contributed by atoms with Crippen molar-refractivity contribution in [1.82, 2.24) is 10.6 Å². The summed E-state index contributed by atoms with van der Waals surface area (Å²) in [6, 6.07) is 13.1. The van der Waals surface area contributed by atoms with Crippen molar-refractivity contribution in [2.45, 2.75) is 31.8 Å². The summed E-state index contributed by atoms with van der Waals surface area (Å²) in [6.45, 7) is 1.30. The van der Waals surface area contributed by atoms with E-state index in [1.165, 1.54) is 25.1 Å². The van der Waals surface area contributed by atoms with E-state index in [1.54, 1.807) is 6.07 Å². The molecule has 2 rings (SSSR count). The summed E-state index contributed by atoms with van der Waals surface area (Å²) in [5, 5.41) is 5.09. The topological polar surface area (TPSA) is 101 Å². The SMILES string of the molecule is CC(=O)N[C@@H](Cc1ccccc1)C(=O)N[C@@H](Cc1ccccc1F)C(N)=O. The van der Waals surface area contributed by atoms with Crippen LogP contribution in [0.3, 0.4) is 0 Å². The average Bonchev–Trinajstić information content (AvgIpc) is 2.62. The smallest absolute Gasteiger partial charge is 0.243 e. The summed E-state index contributed by atoms with van der Waals surface area (Å²) in [5.41, 5.74) is 6.48. The van der Waals surface area contributed by atoms with E-state index in [0.717, 1.165) is 5.56 Å². The lowest BCUT2D eigenvalue weighted by Gasteiger charge is -2.22. The molecule has 4 N–H and O–H groups in total. The van der Waals surface area contributed by atoms with Gasteiger partial charge in [-0.25, -0.2) is 4.39 Å². The molecular weight excluding hydrogens is 349 g/mol. The Morgan fingerprint density at radius 2 is 1.56 bits per heavy atom. The van der Waals surface area contributed by atoms with Crippen LogP contribution >= 0.6 is 0 Å². The maximum atomic E-state index is 13.8. The van der Waals surface area contributed by atoms with Crippen LogP contribution in [0.15, 0.2) is 54.6 Å².